The number of nitrogens with two attached hydrogens (primary N) is 1. The van der Waals surface area contributed by atoms with Crippen LogP contribution in [0.2, 0.25) is 0 Å². The Labute approximate surface area is 114 Å². The van der Waals surface area contributed by atoms with E-state index in [9.17, 15) is 18.9 Å². The Morgan fingerprint density at radius 1 is 1.42 bits per heavy atom. The third-order valence-electron chi connectivity index (χ3n) is 2.43. The number of rotatable bonds is 2. The average molecular weight is 330 g/mol. The molecule has 0 aliphatic heterocycles. The normalized spacial score (nSPS) is 10.5. The van der Waals surface area contributed by atoms with Gasteiger partial charge in [-0.05, 0) is 34.1 Å². The summed E-state index contributed by atoms with van der Waals surface area (Å²) in [6.45, 7) is 0. The molecule has 5 nitrogen and oxygen atoms in total. The van der Waals surface area contributed by atoms with Crippen LogP contribution in [-0.2, 0) is 0 Å². The lowest BCUT2D eigenvalue weighted by Gasteiger charge is -2.08. The van der Waals surface area contributed by atoms with Gasteiger partial charge in [-0.2, -0.15) is 4.39 Å². The fourth-order valence-electron chi connectivity index (χ4n) is 1.59. The maximum atomic E-state index is 13.6. The van der Waals surface area contributed by atoms with Crippen molar-refractivity contribution < 1.29 is 13.7 Å². The minimum Gasteiger partial charge on any atom is -0.393 e. The van der Waals surface area contributed by atoms with Gasteiger partial charge in [-0.3, -0.25) is 15.1 Å². The summed E-state index contributed by atoms with van der Waals surface area (Å²) in [6, 6.07) is 3.65. The van der Waals surface area contributed by atoms with E-state index < -0.39 is 27.9 Å². The Bertz CT molecular complexity index is 679. The van der Waals surface area contributed by atoms with Crippen molar-refractivity contribution in [2.75, 3.05) is 5.73 Å². The van der Waals surface area contributed by atoms with Crippen LogP contribution in [-0.4, -0.2) is 9.91 Å². The molecule has 1 aromatic carbocycles. The fraction of sp³-hybridized carbons (Fsp3) is 0. The van der Waals surface area contributed by atoms with Crippen LogP contribution in [0.4, 0.5) is 20.2 Å². The molecule has 0 fully saturated rings. The maximum Gasteiger partial charge on any atom is 0.329 e. The predicted molar refractivity (Wildman–Crippen MR) is 68.4 cm³/mol. The number of nitrogen functional groups attached to an aromatic ring is 1. The quantitative estimate of drug-likeness (QED) is 0.520. The Morgan fingerprint density at radius 3 is 2.68 bits per heavy atom. The molecule has 0 atom stereocenters. The molecule has 0 aliphatic carbocycles. The van der Waals surface area contributed by atoms with E-state index in [2.05, 4.69) is 20.9 Å². The number of aromatic nitrogens is 1. The molecule has 1 heterocycles. The van der Waals surface area contributed by atoms with Gasteiger partial charge in [0.2, 0.25) is 5.82 Å². The number of nitro groups is 1. The Balaban J connectivity index is 2.80. The largest absolute Gasteiger partial charge is 0.393 e. The number of hydrogen-bond donors (Lipinski definition) is 1. The highest BCUT2D eigenvalue weighted by Crippen LogP contribution is 2.39. The number of halogens is 3. The van der Waals surface area contributed by atoms with Gasteiger partial charge in [-0.15, -0.1) is 0 Å². The van der Waals surface area contributed by atoms with Crippen LogP contribution in [0.1, 0.15) is 0 Å². The van der Waals surface area contributed by atoms with Crippen LogP contribution in [0, 0.1) is 21.7 Å². The first kappa shape index (κ1) is 13.3. The number of anilines is 1. The van der Waals surface area contributed by atoms with Crippen molar-refractivity contribution in [1.29, 1.82) is 0 Å². The third kappa shape index (κ3) is 2.26. The van der Waals surface area contributed by atoms with Crippen molar-refractivity contribution in [1.82, 2.24) is 4.98 Å². The van der Waals surface area contributed by atoms with E-state index in [1.54, 1.807) is 0 Å². The predicted octanol–water partition coefficient (Wildman–Crippen LogP) is 3.28. The van der Waals surface area contributed by atoms with E-state index >= 15 is 0 Å². The molecule has 0 saturated carbocycles. The molecule has 0 bridgehead atoms. The highest BCUT2D eigenvalue weighted by atomic mass is 79.9. The van der Waals surface area contributed by atoms with Gasteiger partial charge in [0.1, 0.15) is 17.2 Å². The minimum absolute atomic E-state index is 0.0434. The van der Waals surface area contributed by atoms with Crippen molar-refractivity contribution in [3.8, 4) is 11.3 Å². The first-order valence-electron chi connectivity index (χ1n) is 4.96. The van der Waals surface area contributed by atoms with Gasteiger partial charge in [0.05, 0.1) is 9.40 Å². The van der Waals surface area contributed by atoms with Gasteiger partial charge in [0.15, 0.2) is 0 Å². The molecule has 19 heavy (non-hydrogen) atoms. The van der Waals surface area contributed by atoms with E-state index in [4.69, 9.17) is 5.73 Å². The number of nitrogens with zero attached hydrogens (tertiary/aromatic N) is 2. The zero-order chi connectivity index (χ0) is 14.2. The minimum atomic E-state index is -1.11. The van der Waals surface area contributed by atoms with Crippen LogP contribution in [0.5, 0.6) is 0 Å². The summed E-state index contributed by atoms with van der Waals surface area (Å²) in [7, 11) is 0. The summed E-state index contributed by atoms with van der Waals surface area (Å²) in [6.07, 6.45) is 1.31. The van der Waals surface area contributed by atoms with Gasteiger partial charge in [0, 0.05) is 11.8 Å². The smallest absolute Gasteiger partial charge is 0.329 e. The zero-order valence-electron chi connectivity index (χ0n) is 9.23. The van der Waals surface area contributed by atoms with E-state index in [0.717, 1.165) is 12.1 Å². The van der Waals surface area contributed by atoms with Crippen LogP contribution >= 0.6 is 15.9 Å². The second kappa shape index (κ2) is 4.88. The van der Waals surface area contributed by atoms with Crippen molar-refractivity contribution in [3.05, 3.63) is 50.6 Å². The summed E-state index contributed by atoms with van der Waals surface area (Å²) in [5.41, 5.74) is 3.95. The monoisotopic (exact) mass is 329 g/mol. The lowest BCUT2D eigenvalue weighted by molar-refractivity contribution is -0.386. The summed E-state index contributed by atoms with van der Waals surface area (Å²) in [5, 5.41) is 10.8. The van der Waals surface area contributed by atoms with E-state index in [0.29, 0.717) is 0 Å². The van der Waals surface area contributed by atoms with Gasteiger partial charge in [0.25, 0.3) is 0 Å². The summed E-state index contributed by atoms with van der Waals surface area (Å²) < 4.78 is 27.1. The van der Waals surface area contributed by atoms with Crippen LogP contribution in [0.15, 0.2) is 28.9 Å². The van der Waals surface area contributed by atoms with Crippen LogP contribution in [0.25, 0.3) is 11.3 Å². The molecule has 0 unspecified atom stereocenters. The first-order chi connectivity index (χ1) is 8.93. The van der Waals surface area contributed by atoms with Crippen LogP contribution in [0.3, 0.4) is 0 Å². The van der Waals surface area contributed by atoms with Gasteiger partial charge in [-0.1, -0.05) is 0 Å². The molecule has 0 radical (unpaired) electrons. The molecule has 0 aliphatic rings. The van der Waals surface area contributed by atoms with Gasteiger partial charge >= 0.3 is 5.69 Å². The fourth-order valence-corrected chi connectivity index (χ4v) is 2.00. The highest BCUT2D eigenvalue weighted by Gasteiger charge is 2.26. The van der Waals surface area contributed by atoms with E-state index in [1.807, 2.05) is 0 Å². The molecule has 0 amide bonds. The van der Waals surface area contributed by atoms with Crippen molar-refractivity contribution >= 4 is 27.3 Å². The molecule has 2 N–H and O–H groups in total. The van der Waals surface area contributed by atoms with Crippen molar-refractivity contribution in [2.24, 2.45) is 0 Å². The Hall–Kier alpha value is -2.09. The number of benzene rings is 1. The first-order valence-corrected chi connectivity index (χ1v) is 5.75. The number of nitro benzene ring substituents is 1. The van der Waals surface area contributed by atoms with E-state index in [-0.39, 0.29) is 15.7 Å². The van der Waals surface area contributed by atoms with Crippen molar-refractivity contribution in [2.45, 2.75) is 0 Å². The topological polar surface area (TPSA) is 82.0 Å². The molecular formula is C11H6BrF2N3O2. The maximum absolute atomic E-state index is 13.6. The standard InChI is InChI=1S/C11H6BrF2N3O2/c12-6-4-5(10-7(13)2-1-3-16-10)9(15)11(8(6)14)17(18)19/h1-4H,15H2. The zero-order valence-corrected chi connectivity index (χ0v) is 10.8. The molecule has 2 rings (SSSR count). The molecule has 0 saturated heterocycles. The second-order valence-electron chi connectivity index (χ2n) is 3.57. The second-order valence-corrected chi connectivity index (χ2v) is 4.43. The van der Waals surface area contributed by atoms with Crippen LogP contribution < -0.4 is 5.73 Å². The SMILES string of the molecule is Nc1c(-c2ncccc2F)cc(Br)c(F)c1[N+](=O)[O-]. The summed E-state index contributed by atoms with van der Waals surface area (Å²) >= 11 is 2.84. The number of hydrogen-bond acceptors (Lipinski definition) is 4. The summed E-state index contributed by atoms with van der Waals surface area (Å²) in [4.78, 5) is 13.6. The molecule has 98 valence electrons. The molecular weight excluding hydrogens is 324 g/mol. The lowest BCUT2D eigenvalue weighted by atomic mass is 10.1. The number of pyridine rings is 1. The highest BCUT2D eigenvalue weighted by molar-refractivity contribution is 9.10. The molecule has 2 aromatic rings. The molecule has 1 aromatic heterocycles. The summed E-state index contributed by atoms with van der Waals surface area (Å²) in [5.74, 6) is -1.82. The Kier molecular flexibility index (Phi) is 3.43. The lowest BCUT2D eigenvalue weighted by Crippen LogP contribution is -2.03. The Morgan fingerprint density at radius 2 is 2.11 bits per heavy atom. The molecule has 8 heteroatoms. The third-order valence-corrected chi connectivity index (χ3v) is 3.01. The molecule has 0 spiro atoms. The van der Waals surface area contributed by atoms with Gasteiger partial charge in [-0.25, -0.2) is 4.39 Å². The average Bonchev–Trinajstić information content (AvgIpc) is 2.34. The van der Waals surface area contributed by atoms with Gasteiger partial charge < -0.3 is 5.73 Å². The van der Waals surface area contributed by atoms with Crippen molar-refractivity contribution in [3.63, 3.8) is 0 Å². The van der Waals surface area contributed by atoms with E-state index in [1.165, 1.54) is 12.3 Å².